The molecule has 1 rings (SSSR count). The molecule has 0 aromatic heterocycles. The third-order valence-corrected chi connectivity index (χ3v) is 3.65. The third kappa shape index (κ3) is 6.85. The summed E-state index contributed by atoms with van der Waals surface area (Å²) >= 11 is 6.09. The molecule has 0 fully saturated rings. The molecule has 0 saturated carbocycles. The van der Waals surface area contributed by atoms with E-state index in [4.69, 9.17) is 16.3 Å². The topological polar surface area (TPSA) is 35.5 Å². The Morgan fingerprint density at radius 3 is 2.38 bits per heavy atom. The number of carbonyl (C=O) groups excluding carboxylic acids is 1. The van der Waals surface area contributed by atoms with Crippen molar-refractivity contribution < 1.29 is 14.3 Å². The van der Waals surface area contributed by atoms with Crippen LogP contribution in [0.25, 0.3) is 0 Å². The summed E-state index contributed by atoms with van der Waals surface area (Å²) in [6.07, 6.45) is 8.73. The maximum atomic E-state index is 11.4. The molecule has 0 radical (unpaired) electrons. The number of hydrogen-bond acceptors (Lipinski definition) is 3. The lowest BCUT2D eigenvalue weighted by atomic mass is 10.1. The minimum absolute atomic E-state index is 0.393. The van der Waals surface area contributed by atoms with Crippen LogP contribution >= 0.6 is 11.6 Å². The minimum atomic E-state index is -0.393. The van der Waals surface area contributed by atoms with Crippen molar-refractivity contribution in [2.45, 2.75) is 51.9 Å². The first-order valence-electron chi connectivity index (χ1n) is 7.69. The normalized spacial score (nSPS) is 10.4. The molecule has 0 spiro atoms. The van der Waals surface area contributed by atoms with Gasteiger partial charge in [-0.2, -0.15) is 0 Å². The van der Waals surface area contributed by atoms with E-state index < -0.39 is 5.97 Å². The van der Waals surface area contributed by atoms with Gasteiger partial charge in [-0.1, -0.05) is 57.0 Å². The average molecular weight is 313 g/mol. The molecule has 21 heavy (non-hydrogen) atoms. The molecule has 0 N–H and O–H groups in total. The molecular weight excluding hydrogens is 288 g/mol. The van der Waals surface area contributed by atoms with E-state index in [1.807, 2.05) is 0 Å². The van der Waals surface area contributed by atoms with E-state index >= 15 is 0 Å². The Hall–Kier alpha value is -1.22. The van der Waals surface area contributed by atoms with Crippen LogP contribution in [-0.2, 0) is 4.74 Å². The maximum Gasteiger partial charge on any atom is 0.337 e. The number of hydrogen-bond donors (Lipinski definition) is 0. The molecule has 1 aromatic rings. The predicted molar refractivity (Wildman–Crippen MR) is 86.3 cm³/mol. The standard InChI is InChI=1S/C17H25ClO3/c1-3-4-5-6-7-8-9-12-21-16-11-10-14(13-15(16)18)17(19)20-2/h10-11,13H,3-9,12H2,1-2H3. The number of ether oxygens (including phenoxy) is 2. The first kappa shape index (κ1) is 17.8. The van der Waals surface area contributed by atoms with Crippen molar-refractivity contribution in [3.8, 4) is 5.75 Å². The Labute approximate surface area is 132 Å². The summed E-state index contributed by atoms with van der Waals surface area (Å²) in [5, 5.41) is 0.445. The maximum absolute atomic E-state index is 11.4. The first-order chi connectivity index (χ1) is 10.2. The van der Waals surface area contributed by atoms with E-state index in [2.05, 4.69) is 11.7 Å². The molecule has 1 aromatic carbocycles. The van der Waals surface area contributed by atoms with Crippen LogP contribution in [0.15, 0.2) is 18.2 Å². The lowest BCUT2D eigenvalue weighted by Gasteiger charge is -2.09. The largest absolute Gasteiger partial charge is 0.492 e. The summed E-state index contributed by atoms with van der Waals surface area (Å²) in [4.78, 5) is 11.4. The van der Waals surface area contributed by atoms with Gasteiger partial charge >= 0.3 is 5.97 Å². The van der Waals surface area contributed by atoms with Crippen LogP contribution in [0.3, 0.4) is 0 Å². The summed E-state index contributed by atoms with van der Waals surface area (Å²) in [5.74, 6) is 0.228. The third-order valence-electron chi connectivity index (χ3n) is 3.36. The number of methoxy groups -OCH3 is 1. The Balaban J connectivity index is 2.25. The molecule has 0 heterocycles. The van der Waals surface area contributed by atoms with Crippen LogP contribution < -0.4 is 4.74 Å². The first-order valence-corrected chi connectivity index (χ1v) is 8.07. The van der Waals surface area contributed by atoms with Gasteiger partial charge in [-0.3, -0.25) is 0 Å². The zero-order chi connectivity index (χ0) is 15.5. The van der Waals surface area contributed by atoms with Gasteiger partial charge in [-0.25, -0.2) is 4.79 Å². The second-order valence-corrected chi connectivity index (χ2v) is 5.51. The monoisotopic (exact) mass is 312 g/mol. The second-order valence-electron chi connectivity index (χ2n) is 5.11. The molecule has 118 valence electrons. The zero-order valence-corrected chi connectivity index (χ0v) is 13.7. The predicted octanol–water partition coefficient (Wildman–Crippen LogP) is 5.26. The van der Waals surface area contributed by atoms with Gasteiger partial charge in [0, 0.05) is 0 Å². The minimum Gasteiger partial charge on any atom is -0.492 e. The van der Waals surface area contributed by atoms with Crippen molar-refractivity contribution in [2.75, 3.05) is 13.7 Å². The number of rotatable bonds is 10. The highest BCUT2D eigenvalue weighted by molar-refractivity contribution is 6.32. The lowest BCUT2D eigenvalue weighted by Crippen LogP contribution is -2.02. The van der Waals surface area contributed by atoms with Gasteiger partial charge < -0.3 is 9.47 Å². The van der Waals surface area contributed by atoms with E-state index in [-0.39, 0.29) is 0 Å². The van der Waals surface area contributed by atoms with Gasteiger partial charge in [0.1, 0.15) is 5.75 Å². The van der Waals surface area contributed by atoms with Crippen LogP contribution in [-0.4, -0.2) is 19.7 Å². The van der Waals surface area contributed by atoms with E-state index in [1.54, 1.807) is 18.2 Å². The molecule has 3 nitrogen and oxygen atoms in total. The highest BCUT2D eigenvalue weighted by Gasteiger charge is 2.09. The van der Waals surface area contributed by atoms with Crippen LogP contribution in [0.2, 0.25) is 5.02 Å². The quantitative estimate of drug-likeness (QED) is 0.437. The molecule has 0 aliphatic carbocycles. The van der Waals surface area contributed by atoms with Gasteiger partial charge in [0.2, 0.25) is 0 Å². The SMILES string of the molecule is CCCCCCCCCOc1ccc(C(=O)OC)cc1Cl. The Morgan fingerprint density at radius 1 is 1.10 bits per heavy atom. The smallest absolute Gasteiger partial charge is 0.337 e. The van der Waals surface area contributed by atoms with Gasteiger partial charge in [-0.15, -0.1) is 0 Å². The summed E-state index contributed by atoms with van der Waals surface area (Å²) < 4.78 is 10.3. The molecule has 0 saturated heterocycles. The zero-order valence-electron chi connectivity index (χ0n) is 13.0. The van der Waals surface area contributed by atoms with Crippen molar-refractivity contribution in [1.29, 1.82) is 0 Å². The van der Waals surface area contributed by atoms with E-state index in [9.17, 15) is 4.79 Å². The van der Waals surface area contributed by atoms with E-state index in [1.165, 1.54) is 45.6 Å². The van der Waals surface area contributed by atoms with Crippen molar-refractivity contribution in [3.63, 3.8) is 0 Å². The molecule has 0 aliphatic rings. The Bertz CT molecular complexity index is 432. The molecule has 0 amide bonds. The van der Waals surface area contributed by atoms with Crippen LogP contribution in [0.4, 0.5) is 0 Å². The molecule has 0 unspecified atom stereocenters. The molecule has 0 aliphatic heterocycles. The summed E-state index contributed by atoms with van der Waals surface area (Å²) in [6, 6.07) is 4.96. The fraction of sp³-hybridized carbons (Fsp3) is 0.588. The van der Waals surface area contributed by atoms with E-state index in [0.29, 0.717) is 22.9 Å². The van der Waals surface area contributed by atoms with Crippen LogP contribution in [0.5, 0.6) is 5.75 Å². The van der Waals surface area contributed by atoms with Crippen molar-refractivity contribution >= 4 is 17.6 Å². The highest BCUT2D eigenvalue weighted by atomic mass is 35.5. The summed E-state index contributed by atoms with van der Waals surface area (Å²) in [7, 11) is 1.35. The number of unbranched alkanes of at least 4 members (excludes halogenated alkanes) is 6. The Morgan fingerprint density at radius 2 is 1.76 bits per heavy atom. The van der Waals surface area contributed by atoms with Gasteiger partial charge in [-0.05, 0) is 24.6 Å². The van der Waals surface area contributed by atoms with Crippen LogP contribution in [0.1, 0.15) is 62.2 Å². The van der Waals surface area contributed by atoms with Crippen molar-refractivity contribution in [3.05, 3.63) is 28.8 Å². The van der Waals surface area contributed by atoms with Crippen molar-refractivity contribution in [1.82, 2.24) is 0 Å². The number of halogens is 1. The van der Waals surface area contributed by atoms with Gasteiger partial charge in [0.05, 0.1) is 24.3 Å². The fourth-order valence-electron chi connectivity index (χ4n) is 2.10. The number of esters is 1. The van der Waals surface area contributed by atoms with Gasteiger partial charge in [0.15, 0.2) is 0 Å². The molecular formula is C17H25ClO3. The number of carbonyl (C=O) groups is 1. The average Bonchev–Trinajstić information content (AvgIpc) is 2.50. The van der Waals surface area contributed by atoms with Gasteiger partial charge in [0.25, 0.3) is 0 Å². The fourth-order valence-corrected chi connectivity index (χ4v) is 2.34. The summed E-state index contributed by atoms with van der Waals surface area (Å²) in [5.41, 5.74) is 0.436. The molecule has 4 heteroatoms. The lowest BCUT2D eigenvalue weighted by molar-refractivity contribution is 0.0600. The highest BCUT2D eigenvalue weighted by Crippen LogP contribution is 2.26. The second kappa shape index (κ2) is 10.5. The molecule has 0 atom stereocenters. The van der Waals surface area contributed by atoms with Crippen LogP contribution in [0, 0.1) is 0 Å². The van der Waals surface area contributed by atoms with E-state index in [0.717, 1.165) is 6.42 Å². The Kier molecular flexibility index (Phi) is 8.91. The summed E-state index contributed by atoms with van der Waals surface area (Å²) in [6.45, 7) is 2.88. The number of benzene rings is 1. The van der Waals surface area contributed by atoms with Crippen molar-refractivity contribution in [2.24, 2.45) is 0 Å². The molecule has 0 bridgehead atoms.